The molecule has 0 atom stereocenters. The molecular formula is C14H18N4O. The van der Waals surface area contributed by atoms with E-state index >= 15 is 0 Å². The number of hydrogen-bond acceptors (Lipinski definition) is 5. The third kappa shape index (κ3) is 4.21. The average molecular weight is 258 g/mol. The van der Waals surface area contributed by atoms with Crippen LogP contribution in [-0.4, -0.2) is 28.1 Å². The second-order valence-corrected chi connectivity index (χ2v) is 4.10. The van der Waals surface area contributed by atoms with E-state index in [9.17, 15) is 0 Å². The molecule has 100 valence electrons. The van der Waals surface area contributed by atoms with Crippen molar-refractivity contribution in [3.63, 3.8) is 0 Å². The Morgan fingerprint density at radius 3 is 2.74 bits per heavy atom. The fraction of sp³-hybridized carbons (Fsp3) is 0.357. The number of nitrogens with one attached hydrogen (secondary N) is 1. The molecule has 0 amide bonds. The van der Waals surface area contributed by atoms with Crippen LogP contribution in [0, 0.1) is 6.92 Å². The molecule has 0 unspecified atom stereocenters. The first-order chi connectivity index (χ1) is 9.28. The van der Waals surface area contributed by atoms with Gasteiger partial charge < -0.3 is 10.1 Å². The van der Waals surface area contributed by atoms with E-state index in [2.05, 4.69) is 20.3 Å². The smallest absolute Gasteiger partial charge is 0.218 e. The summed E-state index contributed by atoms with van der Waals surface area (Å²) in [7, 11) is 0. The number of rotatable bonds is 6. The van der Waals surface area contributed by atoms with E-state index in [0.29, 0.717) is 18.3 Å². The fourth-order valence-corrected chi connectivity index (χ4v) is 1.74. The SMILES string of the molecule is CCOc1cc(NCCc2ccncc2)nc(C)n1. The quantitative estimate of drug-likeness (QED) is 0.861. The van der Waals surface area contributed by atoms with E-state index in [1.807, 2.05) is 32.0 Å². The first kappa shape index (κ1) is 13.3. The van der Waals surface area contributed by atoms with Gasteiger partial charge in [-0.15, -0.1) is 0 Å². The third-order valence-electron chi connectivity index (χ3n) is 2.58. The predicted octanol–water partition coefficient (Wildman–Crippen LogP) is 2.23. The van der Waals surface area contributed by atoms with Gasteiger partial charge in [0.15, 0.2) is 0 Å². The van der Waals surface area contributed by atoms with Crippen molar-refractivity contribution < 1.29 is 4.74 Å². The molecule has 0 aromatic carbocycles. The van der Waals surface area contributed by atoms with E-state index < -0.39 is 0 Å². The van der Waals surface area contributed by atoms with Crippen LogP contribution in [0.2, 0.25) is 0 Å². The Kier molecular flexibility index (Phi) is 4.66. The Hall–Kier alpha value is -2.17. The summed E-state index contributed by atoms with van der Waals surface area (Å²) in [6.07, 6.45) is 4.53. The monoisotopic (exact) mass is 258 g/mol. The fourth-order valence-electron chi connectivity index (χ4n) is 1.74. The largest absolute Gasteiger partial charge is 0.478 e. The van der Waals surface area contributed by atoms with E-state index in [-0.39, 0.29) is 0 Å². The molecule has 0 spiro atoms. The minimum Gasteiger partial charge on any atom is -0.478 e. The summed E-state index contributed by atoms with van der Waals surface area (Å²) >= 11 is 0. The van der Waals surface area contributed by atoms with Gasteiger partial charge in [-0.25, -0.2) is 4.98 Å². The van der Waals surface area contributed by atoms with Gasteiger partial charge in [0.1, 0.15) is 11.6 Å². The molecule has 1 N–H and O–H groups in total. The molecule has 0 aliphatic rings. The van der Waals surface area contributed by atoms with Crippen LogP contribution >= 0.6 is 0 Å². The maximum Gasteiger partial charge on any atom is 0.218 e. The predicted molar refractivity (Wildman–Crippen MR) is 74.4 cm³/mol. The highest BCUT2D eigenvalue weighted by Gasteiger charge is 2.02. The first-order valence-corrected chi connectivity index (χ1v) is 6.39. The lowest BCUT2D eigenvalue weighted by atomic mass is 10.2. The maximum atomic E-state index is 5.39. The van der Waals surface area contributed by atoms with Crippen molar-refractivity contribution in [1.29, 1.82) is 0 Å². The third-order valence-corrected chi connectivity index (χ3v) is 2.58. The normalized spacial score (nSPS) is 10.2. The van der Waals surface area contributed by atoms with E-state index in [1.54, 1.807) is 12.4 Å². The molecule has 0 radical (unpaired) electrons. The molecular weight excluding hydrogens is 240 g/mol. The minimum absolute atomic E-state index is 0.604. The van der Waals surface area contributed by atoms with Gasteiger partial charge in [0.25, 0.3) is 0 Å². The van der Waals surface area contributed by atoms with Gasteiger partial charge >= 0.3 is 0 Å². The number of nitrogens with zero attached hydrogens (tertiary/aromatic N) is 3. The molecule has 0 bridgehead atoms. The van der Waals surface area contributed by atoms with E-state index in [1.165, 1.54) is 5.56 Å². The summed E-state index contributed by atoms with van der Waals surface area (Å²) in [5, 5.41) is 3.28. The lowest BCUT2D eigenvalue weighted by molar-refractivity contribution is 0.325. The van der Waals surface area contributed by atoms with Gasteiger partial charge in [-0.3, -0.25) is 4.98 Å². The summed E-state index contributed by atoms with van der Waals surface area (Å²) in [4.78, 5) is 12.5. The van der Waals surface area contributed by atoms with Crippen LogP contribution in [0.3, 0.4) is 0 Å². The Labute approximate surface area is 113 Å². The van der Waals surface area contributed by atoms with Gasteiger partial charge in [0.2, 0.25) is 5.88 Å². The summed E-state index contributed by atoms with van der Waals surface area (Å²) in [6, 6.07) is 5.85. The minimum atomic E-state index is 0.604. The Balaban J connectivity index is 1.92. The highest BCUT2D eigenvalue weighted by molar-refractivity contribution is 5.38. The van der Waals surface area contributed by atoms with Crippen LogP contribution in [0.25, 0.3) is 0 Å². The zero-order valence-electron chi connectivity index (χ0n) is 11.3. The van der Waals surface area contributed by atoms with Crippen LogP contribution in [-0.2, 0) is 6.42 Å². The van der Waals surface area contributed by atoms with Gasteiger partial charge in [-0.1, -0.05) is 0 Å². The highest BCUT2D eigenvalue weighted by atomic mass is 16.5. The topological polar surface area (TPSA) is 59.9 Å². The Morgan fingerprint density at radius 1 is 1.21 bits per heavy atom. The summed E-state index contributed by atoms with van der Waals surface area (Å²) in [5.74, 6) is 2.11. The number of anilines is 1. The molecule has 2 rings (SSSR count). The molecule has 0 aliphatic heterocycles. The van der Waals surface area contributed by atoms with Crippen molar-refractivity contribution in [3.05, 3.63) is 42.0 Å². The van der Waals surface area contributed by atoms with E-state index in [4.69, 9.17) is 4.74 Å². The number of pyridine rings is 1. The van der Waals surface area contributed by atoms with Crippen LogP contribution in [0.4, 0.5) is 5.82 Å². The van der Waals surface area contributed by atoms with Crippen molar-refractivity contribution >= 4 is 5.82 Å². The molecule has 2 aromatic heterocycles. The maximum absolute atomic E-state index is 5.39. The average Bonchev–Trinajstić information content (AvgIpc) is 2.40. The van der Waals surface area contributed by atoms with E-state index in [0.717, 1.165) is 18.8 Å². The molecule has 0 fully saturated rings. The van der Waals surface area contributed by atoms with Crippen molar-refractivity contribution in [2.75, 3.05) is 18.5 Å². The second-order valence-electron chi connectivity index (χ2n) is 4.10. The van der Waals surface area contributed by atoms with Crippen molar-refractivity contribution in [2.45, 2.75) is 20.3 Å². The van der Waals surface area contributed by atoms with Crippen molar-refractivity contribution in [2.24, 2.45) is 0 Å². The molecule has 2 aromatic rings. The molecule has 0 saturated carbocycles. The molecule has 5 nitrogen and oxygen atoms in total. The number of aromatic nitrogens is 3. The van der Waals surface area contributed by atoms with Crippen LogP contribution < -0.4 is 10.1 Å². The number of ether oxygens (including phenoxy) is 1. The summed E-state index contributed by atoms with van der Waals surface area (Å²) in [5.41, 5.74) is 1.25. The van der Waals surface area contributed by atoms with Crippen LogP contribution in [0.1, 0.15) is 18.3 Å². The van der Waals surface area contributed by atoms with Gasteiger partial charge in [0, 0.05) is 25.0 Å². The lowest BCUT2D eigenvalue weighted by Crippen LogP contribution is -2.08. The van der Waals surface area contributed by atoms with Gasteiger partial charge in [0.05, 0.1) is 6.61 Å². The second kappa shape index (κ2) is 6.68. The van der Waals surface area contributed by atoms with Crippen molar-refractivity contribution in [1.82, 2.24) is 15.0 Å². The number of hydrogen-bond donors (Lipinski definition) is 1. The van der Waals surface area contributed by atoms with Crippen LogP contribution in [0.5, 0.6) is 5.88 Å². The van der Waals surface area contributed by atoms with Gasteiger partial charge in [-0.05, 0) is 38.0 Å². The molecule has 0 saturated heterocycles. The molecule has 2 heterocycles. The Bertz CT molecular complexity index is 516. The lowest BCUT2D eigenvalue weighted by Gasteiger charge is -2.08. The standard InChI is InChI=1S/C14H18N4O/c1-3-19-14-10-13(17-11(2)18-14)16-9-6-12-4-7-15-8-5-12/h4-5,7-8,10H,3,6,9H2,1-2H3,(H,16,17,18). The first-order valence-electron chi connectivity index (χ1n) is 6.39. The summed E-state index contributed by atoms with van der Waals surface area (Å²) in [6.45, 7) is 5.21. The summed E-state index contributed by atoms with van der Waals surface area (Å²) < 4.78 is 5.39. The number of aryl methyl sites for hydroxylation is 1. The highest BCUT2D eigenvalue weighted by Crippen LogP contribution is 2.13. The zero-order chi connectivity index (χ0) is 13.5. The Morgan fingerprint density at radius 2 is 2.00 bits per heavy atom. The van der Waals surface area contributed by atoms with Crippen molar-refractivity contribution in [3.8, 4) is 5.88 Å². The molecule has 5 heteroatoms. The van der Waals surface area contributed by atoms with Gasteiger partial charge in [-0.2, -0.15) is 4.98 Å². The molecule has 19 heavy (non-hydrogen) atoms. The zero-order valence-corrected chi connectivity index (χ0v) is 11.3. The molecule has 0 aliphatic carbocycles. The van der Waals surface area contributed by atoms with Crippen LogP contribution in [0.15, 0.2) is 30.6 Å².